The standard InChI is InChI=1S/C24H22ClN3O2/c1-17-12-13-30-23(17)24(29)27(2)14-20-16-28(15-19-10-6-7-11-21(19)25)26-22(20)18-8-4-3-5-9-18/h3-13,16H,14-15H2,1-2H3. The molecular formula is C24H22ClN3O2. The molecule has 0 fully saturated rings. The zero-order chi connectivity index (χ0) is 21.1. The topological polar surface area (TPSA) is 51.3 Å². The number of nitrogens with zero attached hydrogens (tertiary/aromatic N) is 3. The lowest BCUT2D eigenvalue weighted by Crippen LogP contribution is -2.26. The highest BCUT2D eigenvalue weighted by Crippen LogP contribution is 2.25. The van der Waals surface area contributed by atoms with Crippen molar-refractivity contribution in [2.45, 2.75) is 20.0 Å². The predicted molar refractivity (Wildman–Crippen MR) is 117 cm³/mol. The van der Waals surface area contributed by atoms with E-state index in [9.17, 15) is 4.79 Å². The number of hydrogen-bond donors (Lipinski definition) is 0. The molecule has 0 radical (unpaired) electrons. The van der Waals surface area contributed by atoms with Crippen LogP contribution in [0.25, 0.3) is 11.3 Å². The van der Waals surface area contributed by atoms with Gasteiger partial charge >= 0.3 is 0 Å². The summed E-state index contributed by atoms with van der Waals surface area (Å²) in [5.74, 6) is 0.206. The van der Waals surface area contributed by atoms with Crippen LogP contribution >= 0.6 is 11.6 Å². The van der Waals surface area contributed by atoms with Crippen LogP contribution in [0, 0.1) is 6.92 Å². The Morgan fingerprint density at radius 1 is 1.07 bits per heavy atom. The molecule has 1 amide bonds. The summed E-state index contributed by atoms with van der Waals surface area (Å²) in [5, 5.41) is 5.51. The maximum Gasteiger partial charge on any atom is 0.289 e. The first-order valence-corrected chi connectivity index (χ1v) is 10.1. The molecule has 2 aromatic carbocycles. The van der Waals surface area contributed by atoms with Crippen LogP contribution in [0.3, 0.4) is 0 Å². The van der Waals surface area contributed by atoms with E-state index in [0.717, 1.165) is 27.9 Å². The molecule has 0 aliphatic carbocycles. The Labute approximate surface area is 180 Å². The van der Waals surface area contributed by atoms with Gasteiger partial charge in [-0.1, -0.05) is 60.1 Å². The normalized spacial score (nSPS) is 10.9. The molecule has 5 nitrogen and oxygen atoms in total. The summed E-state index contributed by atoms with van der Waals surface area (Å²) in [6, 6.07) is 19.5. The minimum Gasteiger partial charge on any atom is -0.459 e. The van der Waals surface area contributed by atoms with Crippen molar-refractivity contribution in [3.8, 4) is 11.3 Å². The summed E-state index contributed by atoms with van der Waals surface area (Å²) in [6.45, 7) is 2.82. The number of amides is 1. The van der Waals surface area contributed by atoms with Crippen molar-refractivity contribution in [2.75, 3.05) is 7.05 Å². The largest absolute Gasteiger partial charge is 0.459 e. The molecule has 0 unspecified atom stereocenters. The van der Waals surface area contributed by atoms with Gasteiger partial charge < -0.3 is 9.32 Å². The van der Waals surface area contributed by atoms with Crippen LogP contribution < -0.4 is 0 Å². The Morgan fingerprint density at radius 3 is 2.50 bits per heavy atom. The van der Waals surface area contributed by atoms with Crippen molar-refractivity contribution in [2.24, 2.45) is 0 Å². The molecule has 4 aromatic rings. The van der Waals surface area contributed by atoms with Gasteiger partial charge in [0, 0.05) is 41.5 Å². The first-order valence-electron chi connectivity index (χ1n) is 9.67. The minimum absolute atomic E-state index is 0.157. The number of benzene rings is 2. The van der Waals surface area contributed by atoms with E-state index in [4.69, 9.17) is 21.1 Å². The molecule has 2 heterocycles. The first kappa shape index (κ1) is 20.0. The monoisotopic (exact) mass is 419 g/mol. The summed E-state index contributed by atoms with van der Waals surface area (Å²) in [7, 11) is 1.77. The number of carbonyl (C=O) groups excluding carboxylic acids is 1. The minimum atomic E-state index is -0.157. The molecule has 0 saturated carbocycles. The van der Waals surface area contributed by atoms with Crippen molar-refractivity contribution in [1.29, 1.82) is 0 Å². The van der Waals surface area contributed by atoms with Crippen LogP contribution in [-0.4, -0.2) is 27.6 Å². The third kappa shape index (κ3) is 4.16. The van der Waals surface area contributed by atoms with Crippen molar-refractivity contribution >= 4 is 17.5 Å². The number of carbonyl (C=O) groups is 1. The Hall–Kier alpha value is -3.31. The predicted octanol–water partition coefficient (Wildman–Crippen LogP) is 5.43. The zero-order valence-corrected chi connectivity index (χ0v) is 17.6. The molecule has 4 rings (SSSR count). The number of rotatable bonds is 6. The van der Waals surface area contributed by atoms with Crippen LogP contribution in [0.5, 0.6) is 0 Å². The summed E-state index contributed by atoms with van der Waals surface area (Å²) in [4.78, 5) is 14.5. The molecule has 0 atom stereocenters. The van der Waals surface area contributed by atoms with Crippen LogP contribution in [0.15, 0.2) is 77.5 Å². The highest BCUT2D eigenvalue weighted by Gasteiger charge is 2.20. The molecule has 0 N–H and O–H groups in total. The number of furan rings is 1. The number of aromatic nitrogens is 2. The molecule has 0 aliphatic heterocycles. The van der Waals surface area contributed by atoms with Gasteiger partial charge in [-0.25, -0.2) is 0 Å². The summed E-state index contributed by atoms with van der Waals surface area (Å²) >= 11 is 6.33. The maximum atomic E-state index is 12.8. The summed E-state index contributed by atoms with van der Waals surface area (Å²) in [5.41, 5.74) is 4.61. The van der Waals surface area contributed by atoms with E-state index < -0.39 is 0 Å². The smallest absolute Gasteiger partial charge is 0.289 e. The first-order chi connectivity index (χ1) is 14.5. The molecule has 0 bridgehead atoms. The molecule has 30 heavy (non-hydrogen) atoms. The van der Waals surface area contributed by atoms with E-state index in [1.165, 1.54) is 6.26 Å². The molecule has 0 aliphatic rings. The van der Waals surface area contributed by atoms with E-state index in [0.29, 0.717) is 23.9 Å². The fourth-order valence-corrected chi connectivity index (χ4v) is 3.59. The highest BCUT2D eigenvalue weighted by molar-refractivity contribution is 6.31. The van der Waals surface area contributed by atoms with Gasteiger partial charge in [0.25, 0.3) is 5.91 Å². The van der Waals surface area contributed by atoms with Gasteiger partial charge in [0.1, 0.15) is 0 Å². The Bertz CT molecular complexity index is 1160. The van der Waals surface area contributed by atoms with E-state index in [2.05, 4.69) is 0 Å². The van der Waals surface area contributed by atoms with Gasteiger partial charge in [0.05, 0.1) is 18.5 Å². The van der Waals surface area contributed by atoms with Crippen molar-refractivity contribution in [1.82, 2.24) is 14.7 Å². The van der Waals surface area contributed by atoms with E-state index in [-0.39, 0.29) is 5.91 Å². The van der Waals surface area contributed by atoms with Crippen LogP contribution in [0.2, 0.25) is 5.02 Å². The molecule has 2 aromatic heterocycles. The second-order valence-corrected chi connectivity index (χ2v) is 7.66. The lowest BCUT2D eigenvalue weighted by molar-refractivity contribution is 0.0752. The van der Waals surface area contributed by atoms with E-state index in [1.807, 2.05) is 72.4 Å². The van der Waals surface area contributed by atoms with Crippen LogP contribution in [-0.2, 0) is 13.1 Å². The van der Waals surface area contributed by atoms with Gasteiger partial charge in [-0.15, -0.1) is 0 Å². The van der Waals surface area contributed by atoms with E-state index >= 15 is 0 Å². The van der Waals surface area contributed by atoms with Crippen molar-refractivity contribution < 1.29 is 9.21 Å². The SMILES string of the molecule is Cc1ccoc1C(=O)N(C)Cc1cn(Cc2ccccc2Cl)nc1-c1ccccc1. The highest BCUT2D eigenvalue weighted by atomic mass is 35.5. The molecule has 0 spiro atoms. The second-order valence-electron chi connectivity index (χ2n) is 7.25. The van der Waals surface area contributed by atoms with E-state index in [1.54, 1.807) is 18.0 Å². The van der Waals surface area contributed by atoms with Gasteiger partial charge in [-0.3, -0.25) is 9.48 Å². The van der Waals surface area contributed by atoms with Gasteiger partial charge in [0.15, 0.2) is 5.76 Å². The average molecular weight is 420 g/mol. The third-order valence-electron chi connectivity index (χ3n) is 4.99. The lowest BCUT2D eigenvalue weighted by Gasteiger charge is -2.16. The Balaban J connectivity index is 1.65. The van der Waals surface area contributed by atoms with Crippen molar-refractivity contribution in [3.05, 3.63) is 101 Å². The maximum absolute atomic E-state index is 12.8. The summed E-state index contributed by atoms with van der Waals surface area (Å²) in [6.07, 6.45) is 3.51. The fourth-order valence-electron chi connectivity index (χ4n) is 3.39. The third-order valence-corrected chi connectivity index (χ3v) is 5.35. The fraction of sp³-hybridized carbons (Fsp3) is 0.167. The van der Waals surface area contributed by atoms with Crippen LogP contribution in [0.4, 0.5) is 0 Å². The lowest BCUT2D eigenvalue weighted by atomic mass is 10.1. The Morgan fingerprint density at radius 2 is 1.80 bits per heavy atom. The second kappa shape index (κ2) is 8.59. The average Bonchev–Trinajstić information content (AvgIpc) is 3.35. The number of halogens is 1. The summed E-state index contributed by atoms with van der Waals surface area (Å²) < 4.78 is 7.24. The molecule has 152 valence electrons. The van der Waals surface area contributed by atoms with Gasteiger partial charge in [-0.05, 0) is 24.6 Å². The number of aryl methyl sites for hydroxylation is 1. The Kier molecular flexibility index (Phi) is 5.72. The van der Waals surface area contributed by atoms with Crippen molar-refractivity contribution in [3.63, 3.8) is 0 Å². The quantitative estimate of drug-likeness (QED) is 0.419. The molecule has 6 heteroatoms. The zero-order valence-electron chi connectivity index (χ0n) is 16.9. The number of hydrogen-bond acceptors (Lipinski definition) is 3. The molecule has 0 saturated heterocycles. The molecular weight excluding hydrogens is 398 g/mol. The van der Waals surface area contributed by atoms with Gasteiger partial charge in [-0.2, -0.15) is 5.10 Å². The van der Waals surface area contributed by atoms with Crippen LogP contribution in [0.1, 0.15) is 27.2 Å². The van der Waals surface area contributed by atoms with Gasteiger partial charge in [0.2, 0.25) is 0 Å².